The van der Waals surface area contributed by atoms with E-state index in [9.17, 15) is 13.2 Å². The molecule has 0 spiro atoms. The van der Waals surface area contributed by atoms with Gasteiger partial charge in [0.2, 0.25) is 9.84 Å². The highest BCUT2D eigenvalue weighted by molar-refractivity contribution is 7.95. The summed E-state index contributed by atoms with van der Waals surface area (Å²) < 4.78 is 44.2. The number of cyclic esters (lactones) is 1. The smallest absolute Gasteiger partial charge is 0.332 e. The Hall–Kier alpha value is -3.42. The summed E-state index contributed by atoms with van der Waals surface area (Å²) in [5, 5.41) is 0. The van der Waals surface area contributed by atoms with E-state index in [0.29, 0.717) is 18.6 Å². The highest BCUT2D eigenvalue weighted by Gasteiger charge is 2.40. The van der Waals surface area contributed by atoms with Gasteiger partial charge in [-0.15, -0.1) is 0 Å². The van der Waals surface area contributed by atoms with Crippen LogP contribution in [0.5, 0.6) is 5.75 Å². The first-order chi connectivity index (χ1) is 16.9. The average molecular weight is 493 g/mol. The average Bonchev–Trinajstić information content (AvgIpc) is 2.87. The molecule has 35 heavy (non-hydrogen) atoms. The molecule has 7 heteroatoms. The number of methoxy groups -OCH3 is 1. The van der Waals surface area contributed by atoms with E-state index in [0.717, 1.165) is 22.8 Å². The van der Waals surface area contributed by atoms with Gasteiger partial charge in [-0.2, -0.15) is 0 Å². The number of rotatable bonds is 9. The zero-order valence-corrected chi connectivity index (χ0v) is 20.5. The van der Waals surface area contributed by atoms with Crippen molar-refractivity contribution in [2.45, 2.75) is 43.5 Å². The number of benzene rings is 3. The van der Waals surface area contributed by atoms with Crippen molar-refractivity contribution < 1.29 is 27.4 Å². The maximum absolute atomic E-state index is 13.6. The number of carbonyl (C=O) groups is 1. The number of hydrogen-bond donors (Lipinski definition) is 0. The van der Waals surface area contributed by atoms with Crippen LogP contribution in [-0.4, -0.2) is 33.7 Å². The minimum absolute atomic E-state index is 0.0795. The van der Waals surface area contributed by atoms with Crippen molar-refractivity contribution in [1.29, 1.82) is 0 Å². The van der Waals surface area contributed by atoms with Crippen LogP contribution >= 0.6 is 0 Å². The van der Waals surface area contributed by atoms with Crippen LogP contribution in [-0.2, 0) is 37.1 Å². The van der Waals surface area contributed by atoms with Crippen molar-refractivity contribution in [3.8, 4) is 5.75 Å². The molecule has 0 saturated carbocycles. The first-order valence-electron chi connectivity index (χ1n) is 11.4. The third kappa shape index (κ3) is 5.99. The Morgan fingerprint density at radius 3 is 2.23 bits per heavy atom. The van der Waals surface area contributed by atoms with Gasteiger partial charge in [-0.1, -0.05) is 60.2 Å². The van der Waals surface area contributed by atoms with E-state index in [-0.39, 0.29) is 16.4 Å². The number of esters is 1. The van der Waals surface area contributed by atoms with Crippen molar-refractivity contribution in [3.05, 3.63) is 107 Å². The van der Waals surface area contributed by atoms with Gasteiger partial charge in [0.15, 0.2) is 0 Å². The molecule has 0 aromatic heterocycles. The van der Waals surface area contributed by atoms with Crippen molar-refractivity contribution in [1.82, 2.24) is 0 Å². The number of aryl methyl sites for hydroxylation is 2. The van der Waals surface area contributed by atoms with Crippen LogP contribution in [0.2, 0.25) is 0 Å². The monoisotopic (exact) mass is 492 g/mol. The summed E-state index contributed by atoms with van der Waals surface area (Å²) in [6.07, 6.45) is 0.390. The van der Waals surface area contributed by atoms with Gasteiger partial charge in [-0.05, 0) is 55.2 Å². The molecule has 0 radical (unpaired) electrons. The van der Waals surface area contributed by atoms with Crippen LogP contribution in [0.1, 0.15) is 23.1 Å². The molecule has 2 atom stereocenters. The van der Waals surface area contributed by atoms with Gasteiger partial charge in [-0.25, -0.2) is 13.2 Å². The van der Waals surface area contributed by atoms with E-state index < -0.39 is 28.0 Å². The molecule has 0 aliphatic carbocycles. The van der Waals surface area contributed by atoms with Crippen molar-refractivity contribution in [2.24, 2.45) is 0 Å². The normalized spacial score (nSPS) is 18.0. The number of ether oxygens (including phenoxy) is 3. The van der Waals surface area contributed by atoms with E-state index in [1.54, 1.807) is 31.4 Å². The van der Waals surface area contributed by atoms with Crippen molar-refractivity contribution >= 4 is 15.8 Å². The Morgan fingerprint density at radius 2 is 1.57 bits per heavy atom. The maximum atomic E-state index is 13.6. The predicted molar refractivity (Wildman–Crippen MR) is 133 cm³/mol. The lowest BCUT2D eigenvalue weighted by atomic mass is 10.0. The third-order valence-electron chi connectivity index (χ3n) is 5.94. The molecule has 182 valence electrons. The molecule has 0 saturated heterocycles. The van der Waals surface area contributed by atoms with Crippen LogP contribution < -0.4 is 4.74 Å². The van der Waals surface area contributed by atoms with Crippen LogP contribution in [0, 0.1) is 6.92 Å². The molecule has 6 nitrogen and oxygen atoms in total. The van der Waals surface area contributed by atoms with Gasteiger partial charge in [0.1, 0.15) is 18.0 Å². The molecule has 1 aliphatic heterocycles. The number of sulfone groups is 1. The van der Waals surface area contributed by atoms with E-state index in [1.165, 1.54) is 0 Å². The van der Waals surface area contributed by atoms with Gasteiger partial charge < -0.3 is 14.2 Å². The first-order valence-corrected chi connectivity index (χ1v) is 12.9. The molecule has 0 unspecified atom stereocenters. The van der Waals surface area contributed by atoms with Crippen LogP contribution in [0.25, 0.3) is 0 Å². The van der Waals surface area contributed by atoms with Crippen molar-refractivity contribution in [2.75, 3.05) is 7.11 Å². The summed E-state index contributed by atoms with van der Waals surface area (Å²) in [6.45, 7) is 2.03. The quantitative estimate of drug-likeness (QED) is 0.399. The van der Waals surface area contributed by atoms with Crippen LogP contribution in [0.4, 0.5) is 0 Å². The molecular formula is C28H28O6S. The Bertz CT molecular complexity index is 1280. The molecule has 1 aliphatic rings. The van der Waals surface area contributed by atoms with Crippen molar-refractivity contribution in [3.63, 3.8) is 0 Å². The molecule has 0 bridgehead atoms. The van der Waals surface area contributed by atoms with Gasteiger partial charge in [0.05, 0.1) is 23.5 Å². The molecular weight excluding hydrogens is 464 g/mol. The molecule has 0 N–H and O–H groups in total. The zero-order valence-electron chi connectivity index (χ0n) is 19.7. The highest BCUT2D eigenvalue weighted by atomic mass is 32.2. The standard InChI is InChI=1S/C28H28O6S/c1-20-8-15-24(16-9-20)35(30,31)26-18-27(29)34-25(17-12-21-6-4-3-5-7-21)28(26)33-19-22-10-13-23(32-2)14-11-22/h3-11,13-16,18,25,28H,12,17,19H2,1-2H3/t25-,28+/m0/s1. The first kappa shape index (κ1) is 24.7. The fraction of sp³-hybridized carbons (Fsp3) is 0.250. The summed E-state index contributed by atoms with van der Waals surface area (Å²) in [7, 11) is -2.39. The van der Waals surface area contributed by atoms with E-state index in [1.807, 2.05) is 61.5 Å². The Kier molecular flexibility index (Phi) is 7.68. The van der Waals surface area contributed by atoms with Gasteiger partial charge in [0, 0.05) is 6.08 Å². The second-order valence-corrected chi connectivity index (χ2v) is 10.4. The minimum Gasteiger partial charge on any atom is -0.497 e. The zero-order chi connectivity index (χ0) is 24.8. The second kappa shape index (κ2) is 10.9. The van der Waals surface area contributed by atoms with Gasteiger partial charge in [-0.3, -0.25) is 0 Å². The maximum Gasteiger partial charge on any atom is 0.332 e. The lowest BCUT2D eigenvalue weighted by Crippen LogP contribution is -2.41. The fourth-order valence-electron chi connectivity index (χ4n) is 3.97. The molecule has 4 rings (SSSR count). The third-order valence-corrected chi connectivity index (χ3v) is 7.80. The van der Waals surface area contributed by atoms with E-state index in [4.69, 9.17) is 14.2 Å². The summed E-state index contributed by atoms with van der Waals surface area (Å²) >= 11 is 0. The predicted octanol–water partition coefficient (Wildman–Crippen LogP) is 4.80. The SMILES string of the molecule is COc1ccc(CO[C@H]2C(S(=O)(=O)c3ccc(C)cc3)=CC(=O)O[C@H]2CCc2ccccc2)cc1. The molecule has 1 heterocycles. The fourth-order valence-corrected chi connectivity index (χ4v) is 5.52. The van der Waals surface area contributed by atoms with Crippen LogP contribution in [0.3, 0.4) is 0 Å². The highest BCUT2D eigenvalue weighted by Crippen LogP contribution is 2.32. The Labute approximate surface area is 206 Å². The Balaban J connectivity index is 1.64. The summed E-state index contributed by atoms with van der Waals surface area (Å²) in [4.78, 5) is 12.5. The lowest BCUT2D eigenvalue weighted by Gasteiger charge is -2.32. The topological polar surface area (TPSA) is 78.9 Å². The van der Waals surface area contributed by atoms with E-state index >= 15 is 0 Å². The molecule has 3 aromatic carbocycles. The Morgan fingerprint density at radius 1 is 0.886 bits per heavy atom. The van der Waals surface area contributed by atoms with Gasteiger partial charge in [0.25, 0.3) is 0 Å². The molecule has 3 aromatic rings. The largest absolute Gasteiger partial charge is 0.497 e. The van der Waals surface area contributed by atoms with Crippen LogP contribution in [0.15, 0.2) is 94.7 Å². The van der Waals surface area contributed by atoms with Gasteiger partial charge >= 0.3 is 5.97 Å². The summed E-state index contributed by atoms with van der Waals surface area (Å²) in [5.41, 5.74) is 2.85. The summed E-state index contributed by atoms with van der Waals surface area (Å²) in [6, 6.07) is 23.7. The lowest BCUT2D eigenvalue weighted by molar-refractivity contribution is -0.153. The van der Waals surface area contributed by atoms with E-state index in [2.05, 4.69) is 0 Å². The molecule has 0 fully saturated rings. The minimum atomic E-state index is -3.98. The molecule has 0 amide bonds. The second-order valence-electron chi connectivity index (χ2n) is 8.44. The number of carbonyl (C=O) groups excluding carboxylic acids is 1. The summed E-state index contributed by atoms with van der Waals surface area (Å²) in [5.74, 6) is 0.0293. The number of hydrogen-bond acceptors (Lipinski definition) is 6.